The second kappa shape index (κ2) is 7.35. The monoisotopic (exact) mass is 394 g/mol. The standard InChI is InChI=1S/C19H18N6O2S/c1-11(16-10-28-13(3)23-16)22-18(26)14-9-21-25(12(14)2)19-20-7-6-15(24-19)17-5-4-8-27-17/h4-11H,1-3H3,(H,22,26). The number of nitrogens with one attached hydrogen (secondary N) is 1. The van der Waals surface area contributed by atoms with Crippen molar-refractivity contribution in [3.8, 4) is 17.4 Å². The Morgan fingerprint density at radius 1 is 1.29 bits per heavy atom. The molecule has 0 aliphatic rings. The predicted molar refractivity (Wildman–Crippen MR) is 104 cm³/mol. The van der Waals surface area contributed by atoms with Crippen LogP contribution in [0, 0.1) is 13.8 Å². The van der Waals surface area contributed by atoms with Gasteiger partial charge in [-0.2, -0.15) is 5.10 Å². The van der Waals surface area contributed by atoms with Crippen LogP contribution in [0.1, 0.15) is 39.7 Å². The van der Waals surface area contributed by atoms with Crippen molar-refractivity contribution in [1.29, 1.82) is 0 Å². The first-order valence-electron chi connectivity index (χ1n) is 8.67. The van der Waals surface area contributed by atoms with E-state index in [1.54, 1.807) is 40.6 Å². The molecule has 1 amide bonds. The molecule has 4 aromatic rings. The smallest absolute Gasteiger partial charge is 0.255 e. The second-order valence-electron chi connectivity index (χ2n) is 6.26. The molecular formula is C19H18N6O2S. The molecule has 1 atom stereocenters. The lowest BCUT2D eigenvalue weighted by Crippen LogP contribution is -2.27. The van der Waals surface area contributed by atoms with E-state index in [0.717, 1.165) is 10.7 Å². The molecule has 0 saturated heterocycles. The normalized spacial score (nSPS) is 12.1. The number of nitrogens with zero attached hydrogens (tertiary/aromatic N) is 5. The van der Waals surface area contributed by atoms with E-state index in [1.165, 1.54) is 6.20 Å². The zero-order chi connectivity index (χ0) is 19.7. The van der Waals surface area contributed by atoms with Crippen LogP contribution in [0.25, 0.3) is 17.4 Å². The largest absolute Gasteiger partial charge is 0.463 e. The second-order valence-corrected chi connectivity index (χ2v) is 7.32. The van der Waals surface area contributed by atoms with E-state index in [1.807, 2.05) is 32.2 Å². The van der Waals surface area contributed by atoms with Gasteiger partial charge in [0.15, 0.2) is 5.76 Å². The van der Waals surface area contributed by atoms with E-state index in [9.17, 15) is 4.79 Å². The van der Waals surface area contributed by atoms with Crippen LogP contribution >= 0.6 is 11.3 Å². The Morgan fingerprint density at radius 3 is 2.86 bits per heavy atom. The molecule has 4 aromatic heterocycles. The Kier molecular flexibility index (Phi) is 4.74. The summed E-state index contributed by atoms with van der Waals surface area (Å²) in [5.41, 5.74) is 2.60. The first-order valence-corrected chi connectivity index (χ1v) is 9.55. The molecule has 0 aliphatic heterocycles. The summed E-state index contributed by atoms with van der Waals surface area (Å²) >= 11 is 1.56. The van der Waals surface area contributed by atoms with Crippen LogP contribution in [0.2, 0.25) is 0 Å². The van der Waals surface area contributed by atoms with Gasteiger partial charge >= 0.3 is 0 Å². The molecule has 0 aliphatic carbocycles. The van der Waals surface area contributed by atoms with Crippen molar-refractivity contribution < 1.29 is 9.21 Å². The Bertz CT molecular complexity index is 1120. The van der Waals surface area contributed by atoms with Crippen molar-refractivity contribution in [2.24, 2.45) is 0 Å². The summed E-state index contributed by atoms with van der Waals surface area (Å²) in [6.07, 6.45) is 4.74. The molecule has 0 aromatic carbocycles. The average Bonchev–Trinajstić information content (AvgIpc) is 3.42. The Labute approximate surface area is 165 Å². The van der Waals surface area contributed by atoms with Gasteiger partial charge in [0.1, 0.15) is 5.69 Å². The summed E-state index contributed by atoms with van der Waals surface area (Å²) in [5.74, 6) is 0.788. The van der Waals surface area contributed by atoms with E-state index in [4.69, 9.17) is 4.42 Å². The fourth-order valence-electron chi connectivity index (χ4n) is 2.77. The minimum absolute atomic E-state index is 0.196. The minimum atomic E-state index is -0.218. The van der Waals surface area contributed by atoms with E-state index in [2.05, 4.69) is 25.4 Å². The molecule has 9 heteroatoms. The van der Waals surface area contributed by atoms with Gasteiger partial charge in [0.05, 0.1) is 40.5 Å². The molecule has 4 rings (SSSR count). The molecule has 0 radical (unpaired) electrons. The zero-order valence-electron chi connectivity index (χ0n) is 15.6. The quantitative estimate of drug-likeness (QED) is 0.556. The third-order valence-corrected chi connectivity index (χ3v) is 5.08. The molecule has 0 saturated carbocycles. The van der Waals surface area contributed by atoms with Crippen molar-refractivity contribution in [2.75, 3.05) is 0 Å². The molecule has 28 heavy (non-hydrogen) atoms. The maximum atomic E-state index is 12.7. The van der Waals surface area contributed by atoms with Crippen LogP contribution in [0.3, 0.4) is 0 Å². The van der Waals surface area contributed by atoms with Gasteiger partial charge in [0.25, 0.3) is 11.9 Å². The molecular weight excluding hydrogens is 376 g/mol. The summed E-state index contributed by atoms with van der Waals surface area (Å²) in [7, 11) is 0. The van der Waals surface area contributed by atoms with Crippen molar-refractivity contribution in [3.05, 3.63) is 64.2 Å². The molecule has 0 fully saturated rings. The Hall–Kier alpha value is -3.33. The molecule has 4 heterocycles. The lowest BCUT2D eigenvalue weighted by molar-refractivity contribution is 0.0938. The van der Waals surface area contributed by atoms with Gasteiger partial charge in [-0.1, -0.05) is 0 Å². The summed E-state index contributed by atoms with van der Waals surface area (Å²) < 4.78 is 6.92. The number of hydrogen-bond acceptors (Lipinski definition) is 7. The van der Waals surface area contributed by atoms with E-state index < -0.39 is 0 Å². The topological polar surface area (TPSA) is 98.7 Å². The van der Waals surface area contributed by atoms with Crippen LogP contribution in [-0.4, -0.2) is 30.6 Å². The highest BCUT2D eigenvalue weighted by atomic mass is 32.1. The molecule has 0 bridgehead atoms. The maximum Gasteiger partial charge on any atom is 0.255 e. The van der Waals surface area contributed by atoms with Gasteiger partial charge in [-0.15, -0.1) is 11.3 Å². The van der Waals surface area contributed by atoms with Crippen LogP contribution in [0.5, 0.6) is 0 Å². The third-order valence-electron chi connectivity index (χ3n) is 4.29. The predicted octanol–water partition coefficient (Wildman–Crippen LogP) is 3.49. The van der Waals surface area contributed by atoms with Gasteiger partial charge in [0.2, 0.25) is 0 Å². The Balaban J connectivity index is 1.57. The Morgan fingerprint density at radius 2 is 2.14 bits per heavy atom. The number of carbonyl (C=O) groups is 1. The SMILES string of the molecule is Cc1nc(C(C)NC(=O)c2cnn(-c3nccc(-c4ccco4)n3)c2C)cs1. The highest BCUT2D eigenvalue weighted by molar-refractivity contribution is 7.09. The van der Waals surface area contributed by atoms with Gasteiger partial charge in [-0.25, -0.2) is 19.6 Å². The number of furan rings is 1. The first kappa shape index (κ1) is 18.1. The number of aromatic nitrogens is 5. The van der Waals surface area contributed by atoms with E-state index in [0.29, 0.717) is 28.7 Å². The lowest BCUT2D eigenvalue weighted by Gasteiger charge is -2.11. The number of carbonyl (C=O) groups excluding carboxylic acids is 1. The van der Waals surface area contributed by atoms with Crippen molar-refractivity contribution in [3.63, 3.8) is 0 Å². The van der Waals surface area contributed by atoms with Crippen molar-refractivity contribution in [1.82, 2.24) is 30.0 Å². The first-order chi connectivity index (χ1) is 13.5. The molecule has 0 spiro atoms. The number of hydrogen-bond donors (Lipinski definition) is 1. The van der Waals surface area contributed by atoms with E-state index in [-0.39, 0.29) is 11.9 Å². The summed E-state index contributed by atoms with van der Waals surface area (Å²) in [5, 5.41) is 10.2. The highest BCUT2D eigenvalue weighted by Gasteiger charge is 2.20. The van der Waals surface area contributed by atoms with Crippen molar-refractivity contribution >= 4 is 17.2 Å². The average molecular weight is 394 g/mol. The van der Waals surface area contributed by atoms with Crippen LogP contribution in [-0.2, 0) is 0 Å². The number of amides is 1. The lowest BCUT2D eigenvalue weighted by atomic mass is 10.2. The van der Waals surface area contributed by atoms with Crippen LogP contribution in [0.15, 0.2) is 46.7 Å². The van der Waals surface area contributed by atoms with Gasteiger partial charge in [0, 0.05) is 11.6 Å². The maximum absolute atomic E-state index is 12.7. The third kappa shape index (κ3) is 3.44. The van der Waals surface area contributed by atoms with E-state index >= 15 is 0 Å². The zero-order valence-corrected chi connectivity index (χ0v) is 16.4. The number of thiazole rings is 1. The number of rotatable bonds is 5. The summed E-state index contributed by atoms with van der Waals surface area (Å²) in [6.45, 7) is 5.65. The van der Waals surface area contributed by atoms with Gasteiger partial charge in [-0.3, -0.25) is 4.79 Å². The molecule has 1 unspecified atom stereocenters. The fraction of sp³-hybridized carbons (Fsp3) is 0.211. The van der Waals surface area contributed by atoms with Gasteiger partial charge in [-0.05, 0) is 39.0 Å². The highest BCUT2D eigenvalue weighted by Crippen LogP contribution is 2.20. The number of aryl methyl sites for hydroxylation is 1. The van der Waals surface area contributed by atoms with Gasteiger partial charge < -0.3 is 9.73 Å². The fourth-order valence-corrected chi connectivity index (χ4v) is 3.48. The molecule has 1 N–H and O–H groups in total. The summed E-state index contributed by atoms with van der Waals surface area (Å²) in [6, 6.07) is 5.18. The minimum Gasteiger partial charge on any atom is -0.463 e. The van der Waals surface area contributed by atoms with Crippen molar-refractivity contribution in [2.45, 2.75) is 26.8 Å². The summed E-state index contributed by atoms with van der Waals surface area (Å²) in [4.78, 5) is 25.9. The molecule has 142 valence electrons. The van der Waals surface area contributed by atoms with Crippen LogP contribution in [0.4, 0.5) is 0 Å². The molecule has 8 nitrogen and oxygen atoms in total. The van der Waals surface area contributed by atoms with Crippen LogP contribution < -0.4 is 5.32 Å².